The van der Waals surface area contributed by atoms with Crippen molar-refractivity contribution in [3.05, 3.63) is 52.6 Å². The molecule has 1 aromatic rings. The molecule has 3 rings (SSSR count). The highest BCUT2D eigenvalue weighted by Gasteiger charge is 2.42. The van der Waals surface area contributed by atoms with E-state index >= 15 is 0 Å². The highest BCUT2D eigenvalue weighted by Crippen LogP contribution is 2.46. The number of esters is 1. The van der Waals surface area contributed by atoms with Gasteiger partial charge in [-0.2, -0.15) is 0 Å². The third-order valence-electron chi connectivity index (χ3n) is 4.66. The third kappa shape index (κ3) is 2.75. The zero-order chi connectivity index (χ0) is 17.5. The molecule has 1 aliphatic heterocycles. The Bertz CT molecular complexity index is 760. The van der Waals surface area contributed by atoms with E-state index < -0.39 is 11.9 Å². The minimum Gasteiger partial charge on any atom is -0.466 e. The first kappa shape index (κ1) is 16.4. The number of hydrogen-bond acceptors (Lipinski definition) is 5. The fourth-order valence-electron chi connectivity index (χ4n) is 3.70. The topological polar surface area (TPSA) is 68.3 Å². The summed E-state index contributed by atoms with van der Waals surface area (Å²) < 4.78 is 4.98. The lowest BCUT2D eigenvalue weighted by molar-refractivity contribution is -0.136. The summed E-state index contributed by atoms with van der Waals surface area (Å²) in [5.41, 5.74) is 3.55. The molecule has 126 valence electrons. The van der Waals surface area contributed by atoms with Crippen LogP contribution in [0.5, 0.6) is 0 Å². The average molecular weight is 326 g/mol. The van der Waals surface area contributed by atoms with Gasteiger partial charge in [-0.3, -0.25) is 9.78 Å². The van der Waals surface area contributed by atoms with Crippen LogP contribution < -0.4 is 5.32 Å². The second kappa shape index (κ2) is 5.89. The summed E-state index contributed by atoms with van der Waals surface area (Å²) in [7, 11) is 1.36. The van der Waals surface area contributed by atoms with Crippen LogP contribution in [0.25, 0.3) is 0 Å². The van der Waals surface area contributed by atoms with Crippen molar-refractivity contribution in [2.75, 3.05) is 7.11 Å². The summed E-state index contributed by atoms with van der Waals surface area (Å²) in [5.74, 6) is -0.763. The van der Waals surface area contributed by atoms with Gasteiger partial charge in [0, 0.05) is 41.7 Å². The molecule has 1 unspecified atom stereocenters. The number of ketones is 1. The number of nitrogens with one attached hydrogen (secondary N) is 1. The number of pyridine rings is 1. The largest absolute Gasteiger partial charge is 0.466 e. The maximum atomic E-state index is 12.9. The van der Waals surface area contributed by atoms with Crippen molar-refractivity contribution in [1.82, 2.24) is 10.3 Å². The van der Waals surface area contributed by atoms with Crippen LogP contribution in [0.4, 0.5) is 0 Å². The van der Waals surface area contributed by atoms with Crippen molar-refractivity contribution in [1.29, 1.82) is 0 Å². The number of carbonyl (C=O) groups is 2. The number of rotatable bonds is 2. The molecule has 5 nitrogen and oxygen atoms in total. The summed E-state index contributed by atoms with van der Waals surface area (Å²) in [5, 5.41) is 3.29. The van der Waals surface area contributed by atoms with Gasteiger partial charge >= 0.3 is 5.97 Å². The van der Waals surface area contributed by atoms with Crippen LogP contribution in [0.15, 0.2) is 47.1 Å². The van der Waals surface area contributed by atoms with E-state index in [9.17, 15) is 9.59 Å². The molecule has 2 aliphatic rings. The number of methoxy groups -OCH3 is 1. The minimum atomic E-state index is -0.425. The van der Waals surface area contributed by atoms with E-state index in [1.54, 1.807) is 12.4 Å². The van der Waals surface area contributed by atoms with Gasteiger partial charge in [0.1, 0.15) is 0 Å². The number of ether oxygens (including phenoxy) is 1. The fraction of sp³-hybridized carbons (Fsp3) is 0.421. The van der Waals surface area contributed by atoms with Gasteiger partial charge in [0.05, 0.1) is 12.7 Å². The second-order valence-corrected chi connectivity index (χ2v) is 7.21. The molecule has 0 fully saturated rings. The molecule has 2 heterocycles. The first-order chi connectivity index (χ1) is 11.3. The van der Waals surface area contributed by atoms with Gasteiger partial charge in [-0.15, -0.1) is 0 Å². The lowest BCUT2D eigenvalue weighted by Gasteiger charge is -2.39. The summed E-state index contributed by atoms with van der Waals surface area (Å²) >= 11 is 0. The molecule has 1 aliphatic carbocycles. The Kier molecular flexibility index (Phi) is 4.03. The zero-order valence-electron chi connectivity index (χ0n) is 14.5. The first-order valence-corrected chi connectivity index (χ1v) is 8.06. The number of carbonyl (C=O) groups excluding carboxylic acids is 2. The molecule has 0 aromatic carbocycles. The summed E-state index contributed by atoms with van der Waals surface area (Å²) in [6.07, 6.45) is 4.64. The summed E-state index contributed by atoms with van der Waals surface area (Å²) in [6.45, 7) is 6.03. The summed E-state index contributed by atoms with van der Waals surface area (Å²) in [6, 6.07) is 3.72. The van der Waals surface area contributed by atoms with Gasteiger partial charge in [0.25, 0.3) is 0 Å². The van der Waals surface area contributed by atoms with Crippen LogP contribution in [-0.4, -0.2) is 23.8 Å². The van der Waals surface area contributed by atoms with Gasteiger partial charge < -0.3 is 10.1 Å². The highest BCUT2D eigenvalue weighted by atomic mass is 16.5. The Morgan fingerprint density at radius 2 is 2.12 bits per heavy atom. The molecular formula is C19H22N2O3. The van der Waals surface area contributed by atoms with Crippen LogP contribution in [0.1, 0.15) is 45.1 Å². The number of aromatic nitrogens is 1. The predicted octanol–water partition coefficient (Wildman–Crippen LogP) is 2.86. The van der Waals surface area contributed by atoms with E-state index in [1.165, 1.54) is 7.11 Å². The van der Waals surface area contributed by atoms with Gasteiger partial charge in [-0.05, 0) is 30.4 Å². The zero-order valence-corrected chi connectivity index (χ0v) is 14.5. The molecule has 0 saturated heterocycles. The number of hydrogen-bond donors (Lipinski definition) is 1. The summed E-state index contributed by atoms with van der Waals surface area (Å²) in [4.78, 5) is 29.5. The molecule has 0 radical (unpaired) electrons. The fourth-order valence-corrected chi connectivity index (χ4v) is 3.70. The molecule has 0 bridgehead atoms. The number of allylic oxidation sites excluding steroid dienone is 3. The van der Waals surface area contributed by atoms with E-state index in [2.05, 4.69) is 24.1 Å². The Morgan fingerprint density at radius 3 is 2.75 bits per heavy atom. The highest BCUT2D eigenvalue weighted by molar-refractivity contribution is 6.04. The van der Waals surface area contributed by atoms with Gasteiger partial charge in [-0.1, -0.05) is 19.9 Å². The molecule has 24 heavy (non-hydrogen) atoms. The van der Waals surface area contributed by atoms with Crippen LogP contribution >= 0.6 is 0 Å². The quantitative estimate of drug-likeness (QED) is 0.847. The first-order valence-electron chi connectivity index (χ1n) is 8.06. The molecule has 1 aromatic heterocycles. The van der Waals surface area contributed by atoms with Gasteiger partial charge in [0.15, 0.2) is 5.78 Å². The predicted molar refractivity (Wildman–Crippen MR) is 89.9 cm³/mol. The van der Waals surface area contributed by atoms with Crippen molar-refractivity contribution < 1.29 is 14.3 Å². The Hall–Kier alpha value is -2.43. The van der Waals surface area contributed by atoms with Crippen molar-refractivity contribution >= 4 is 11.8 Å². The third-order valence-corrected chi connectivity index (χ3v) is 4.66. The second-order valence-electron chi connectivity index (χ2n) is 7.21. The standard InChI is InChI=1S/C19H22N2O3/c1-11-15(18(23)24-4)16(12-6-5-7-20-10-12)17-13(21-11)8-19(2,3)9-14(17)22/h5-7,10,16,21H,8-9H2,1-4H3. The van der Waals surface area contributed by atoms with E-state index in [0.717, 1.165) is 23.4 Å². The van der Waals surface area contributed by atoms with Gasteiger partial charge in [-0.25, -0.2) is 4.79 Å². The SMILES string of the molecule is COC(=O)C1=C(C)NC2=C(C(=O)CC(C)(C)C2)C1c1cccnc1. The molecule has 0 spiro atoms. The van der Waals surface area contributed by atoms with E-state index in [0.29, 0.717) is 17.6 Å². The van der Waals surface area contributed by atoms with Crippen LogP contribution in [0, 0.1) is 5.41 Å². The van der Waals surface area contributed by atoms with Crippen LogP contribution in [0.3, 0.4) is 0 Å². The Labute approximate surface area is 141 Å². The monoisotopic (exact) mass is 326 g/mol. The molecular weight excluding hydrogens is 304 g/mol. The number of nitrogens with zero attached hydrogens (tertiary/aromatic N) is 1. The van der Waals surface area contributed by atoms with E-state index in [4.69, 9.17) is 4.74 Å². The van der Waals surface area contributed by atoms with Crippen molar-refractivity contribution in [3.63, 3.8) is 0 Å². The minimum absolute atomic E-state index is 0.0801. The smallest absolute Gasteiger partial charge is 0.336 e. The lowest BCUT2D eigenvalue weighted by Crippen LogP contribution is -2.38. The molecule has 1 N–H and O–H groups in total. The lowest BCUT2D eigenvalue weighted by atomic mass is 9.69. The van der Waals surface area contributed by atoms with Crippen molar-refractivity contribution in [2.24, 2.45) is 5.41 Å². The molecule has 0 saturated carbocycles. The maximum Gasteiger partial charge on any atom is 0.336 e. The van der Waals surface area contributed by atoms with Crippen molar-refractivity contribution in [2.45, 2.75) is 39.5 Å². The molecule has 5 heteroatoms. The number of dihydropyridines is 1. The normalized spacial score (nSPS) is 22.8. The molecule has 0 amide bonds. The number of Topliss-reactive ketones (excluding diaryl/α,β-unsaturated/α-hetero) is 1. The van der Waals surface area contributed by atoms with Crippen LogP contribution in [0.2, 0.25) is 0 Å². The maximum absolute atomic E-state index is 12.9. The van der Waals surface area contributed by atoms with Crippen molar-refractivity contribution in [3.8, 4) is 0 Å². The van der Waals surface area contributed by atoms with E-state index in [1.807, 2.05) is 19.1 Å². The van der Waals surface area contributed by atoms with Crippen LogP contribution in [-0.2, 0) is 14.3 Å². The average Bonchev–Trinajstić information content (AvgIpc) is 2.52. The van der Waals surface area contributed by atoms with E-state index in [-0.39, 0.29) is 11.2 Å². The Morgan fingerprint density at radius 1 is 1.38 bits per heavy atom. The molecule has 1 atom stereocenters. The van der Waals surface area contributed by atoms with Gasteiger partial charge in [0.2, 0.25) is 0 Å². The Balaban J connectivity index is 2.19.